The van der Waals surface area contributed by atoms with Crippen LogP contribution in [0.2, 0.25) is 0 Å². The van der Waals surface area contributed by atoms with Gasteiger partial charge in [-0.15, -0.1) is 0 Å². The van der Waals surface area contributed by atoms with Crippen molar-refractivity contribution < 1.29 is 19.0 Å². The Morgan fingerprint density at radius 1 is 1.03 bits per heavy atom. The number of amides is 1. The van der Waals surface area contributed by atoms with Gasteiger partial charge in [0, 0.05) is 44.1 Å². The molecular weight excluding hydrogens is 409 g/mol. The number of aliphatic hydroxyl groups excluding tert-OH is 1. The number of carbonyl (C=O) groups excluding carboxylic acids is 1. The van der Waals surface area contributed by atoms with Gasteiger partial charge in [-0.05, 0) is 69.2 Å². The zero-order valence-electron chi connectivity index (χ0n) is 18.3. The number of carbonyl (C=O) groups is 1. The van der Waals surface area contributed by atoms with E-state index in [4.69, 9.17) is 4.74 Å². The fourth-order valence-corrected chi connectivity index (χ4v) is 5.63. The number of rotatable bonds is 4. The molecular formula is C25H30FN3O3. The Hall–Kier alpha value is -2.67. The number of anilines is 1. The van der Waals surface area contributed by atoms with Crippen molar-refractivity contribution in [1.82, 2.24) is 9.88 Å². The molecule has 1 aromatic heterocycles. The van der Waals surface area contributed by atoms with Crippen molar-refractivity contribution in [2.45, 2.75) is 57.1 Å². The van der Waals surface area contributed by atoms with Crippen LogP contribution >= 0.6 is 0 Å². The molecule has 2 aliphatic heterocycles. The number of nitrogens with zero attached hydrogens (tertiary/aromatic N) is 3. The van der Waals surface area contributed by atoms with Crippen LogP contribution in [0, 0.1) is 11.2 Å². The highest BCUT2D eigenvalue weighted by Crippen LogP contribution is 2.44. The first-order valence-electron chi connectivity index (χ1n) is 11.7. The topological polar surface area (TPSA) is 65.9 Å². The summed E-state index contributed by atoms with van der Waals surface area (Å²) < 4.78 is 20.8. The standard InChI is InChI=1S/C25H30FN3O3/c26-22-16-21(32-20-8-12-27-13-9-20)6-7-23(22)28-14-1-10-25(17-28)11-15-29(24(25)31)18-2-4-19(30)5-3-18/h6-9,12-13,16,18-19,30H,1-5,10-11,14-15,17H2/t18-,19-,25-/m0/s1. The summed E-state index contributed by atoms with van der Waals surface area (Å²) in [5.41, 5.74) is 0.102. The normalized spacial score (nSPS) is 28.4. The number of piperidine rings is 1. The molecule has 0 unspecified atom stereocenters. The molecule has 7 heteroatoms. The Labute approximate surface area is 188 Å². The highest BCUT2D eigenvalue weighted by atomic mass is 19.1. The maximum Gasteiger partial charge on any atom is 0.230 e. The van der Waals surface area contributed by atoms with E-state index in [0.29, 0.717) is 23.7 Å². The first kappa shape index (κ1) is 21.2. The molecule has 1 atom stereocenters. The van der Waals surface area contributed by atoms with Crippen LogP contribution in [0.4, 0.5) is 10.1 Å². The van der Waals surface area contributed by atoms with Gasteiger partial charge in [0.15, 0.2) is 0 Å². The average molecular weight is 440 g/mol. The van der Waals surface area contributed by atoms with Gasteiger partial charge >= 0.3 is 0 Å². The summed E-state index contributed by atoms with van der Waals surface area (Å²) in [4.78, 5) is 21.5. The molecule has 0 radical (unpaired) electrons. The van der Waals surface area contributed by atoms with Crippen LogP contribution in [0.3, 0.4) is 0 Å². The van der Waals surface area contributed by atoms with Crippen molar-refractivity contribution in [1.29, 1.82) is 0 Å². The van der Waals surface area contributed by atoms with Gasteiger partial charge in [0.1, 0.15) is 17.3 Å². The van der Waals surface area contributed by atoms with Crippen molar-refractivity contribution in [3.63, 3.8) is 0 Å². The third-order valence-electron chi connectivity index (χ3n) is 7.37. The van der Waals surface area contributed by atoms with E-state index >= 15 is 4.39 Å². The molecule has 2 aromatic rings. The summed E-state index contributed by atoms with van der Waals surface area (Å²) in [5.74, 6) is 0.932. The summed E-state index contributed by atoms with van der Waals surface area (Å²) in [5, 5.41) is 9.81. The van der Waals surface area contributed by atoms with Crippen LogP contribution in [0.1, 0.15) is 44.9 Å². The number of pyridine rings is 1. The van der Waals surface area contributed by atoms with Crippen LogP contribution in [0.5, 0.6) is 11.5 Å². The lowest BCUT2D eigenvalue weighted by Gasteiger charge is -2.41. The molecule has 1 amide bonds. The minimum Gasteiger partial charge on any atom is -0.457 e. The van der Waals surface area contributed by atoms with Gasteiger partial charge in [-0.2, -0.15) is 0 Å². The number of hydrogen-bond donors (Lipinski definition) is 1. The lowest BCUT2D eigenvalue weighted by Crippen LogP contribution is -2.50. The van der Waals surface area contributed by atoms with Crippen molar-refractivity contribution in [3.8, 4) is 11.5 Å². The fourth-order valence-electron chi connectivity index (χ4n) is 5.63. The zero-order chi connectivity index (χ0) is 22.1. The predicted molar refractivity (Wildman–Crippen MR) is 119 cm³/mol. The van der Waals surface area contributed by atoms with E-state index in [-0.39, 0.29) is 23.9 Å². The summed E-state index contributed by atoms with van der Waals surface area (Å²) in [6, 6.07) is 8.63. The van der Waals surface area contributed by atoms with Crippen LogP contribution in [-0.2, 0) is 4.79 Å². The molecule has 3 aliphatic rings. The van der Waals surface area contributed by atoms with Gasteiger partial charge in [0.25, 0.3) is 0 Å². The van der Waals surface area contributed by atoms with Gasteiger partial charge in [-0.1, -0.05) is 0 Å². The molecule has 1 spiro atoms. The first-order chi connectivity index (χ1) is 15.5. The van der Waals surface area contributed by atoms with Crippen molar-refractivity contribution in [2.75, 3.05) is 24.5 Å². The van der Waals surface area contributed by atoms with Gasteiger partial charge < -0.3 is 19.6 Å². The second kappa shape index (κ2) is 8.70. The minimum atomic E-state index is -0.424. The number of aliphatic hydroxyl groups is 1. The predicted octanol–water partition coefficient (Wildman–Crippen LogP) is 4.14. The number of ether oxygens (including phenoxy) is 1. The van der Waals surface area contributed by atoms with Crippen molar-refractivity contribution >= 4 is 11.6 Å². The van der Waals surface area contributed by atoms with E-state index in [0.717, 1.165) is 58.0 Å². The Bertz CT molecular complexity index is 964. The molecule has 3 fully saturated rings. The summed E-state index contributed by atoms with van der Waals surface area (Å²) in [6.45, 7) is 2.07. The van der Waals surface area contributed by atoms with Crippen molar-refractivity contribution in [3.05, 3.63) is 48.5 Å². The van der Waals surface area contributed by atoms with E-state index in [1.54, 1.807) is 36.7 Å². The number of likely N-dealkylation sites (tertiary alicyclic amines) is 1. The molecule has 170 valence electrons. The Balaban J connectivity index is 1.29. The third-order valence-corrected chi connectivity index (χ3v) is 7.37. The van der Waals surface area contributed by atoms with Gasteiger partial charge in [0.2, 0.25) is 5.91 Å². The monoisotopic (exact) mass is 439 g/mol. The highest BCUT2D eigenvalue weighted by molar-refractivity contribution is 5.86. The number of hydrogen-bond acceptors (Lipinski definition) is 5. The SMILES string of the molecule is O=C1N([C@H]2CC[C@H](O)CC2)CC[C@]12CCCN(c1ccc(Oc3ccncc3)cc1F)C2. The van der Waals surface area contributed by atoms with Gasteiger partial charge in [-0.3, -0.25) is 9.78 Å². The second-order valence-electron chi connectivity index (χ2n) is 9.41. The molecule has 2 saturated heterocycles. The molecule has 6 nitrogen and oxygen atoms in total. The minimum absolute atomic E-state index is 0.224. The zero-order valence-corrected chi connectivity index (χ0v) is 18.3. The van der Waals surface area contributed by atoms with Crippen LogP contribution in [0.25, 0.3) is 0 Å². The van der Waals surface area contributed by atoms with E-state index < -0.39 is 5.41 Å². The van der Waals surface area contributed by atoms with Crippen molar-refractivity contribution in [2.24, 2.45) is 5.41 Å². The van der Waals surface area contributed by atoms with E-state index in [9.17, 15) is 9.90 Å². The first-order valence-corrected chi connectivity index (χ1v) is 11.7. The maximum atomic E-state index is 15.1. The Kier molecular flexibility index (Phi) is 5.76. The Morgan fingerprint density at radius 3 is 2.56 bits per heavy atom. The van der Waals surface area contributed by atoms with Crippen LogP contribution in [-0.4, -0.2) is 52.7 Å². The lowest BCUT2D eigenvalue weighted by atomic mass is 9.78. The quantitative estimate of drug-likeness (QED) is 0.776. The summed E-state index contributed by atoms with van der Waals surface area (Å²) >= 11 is 0. The molecule has 3 heterocycles. The van der Waals surface area contributed by atoms with Gasteiger partial charge in [0.05, 0.1) is 17.2 Å². The Morgan fingerprint density at radius 2 is 1.81 bits per heavy atom. The molecule has 1 aromatic carbocycles. The van der Waals surface area contributed by atoms with Gasteiger partial charge in [-0.25, -0.2) is 4.39 Å². The van der Waals surface area contributed by atoms with Crippen LogP contribution in [0.15, 0.2) is 42.7 Å². The van der Waals surface area contributed by atoms with Crippen LogP contribution < -0.4 is 9.64 Å². The molecule has 1 saturated carbocycles. The number of halogens is 1. The van der Waals surface area contributed by atoms with E-state index in [2.05, 4.69) is 9.88 Å². The second-order valence-corrected chi connectivity index (χ2v) is 9.41. The number of aromatic nitrogens is 1. The lowest BCUT2D eigenvalue weighted by molar-refractivity contribution is -0.139. The third kappa shape index (κ3) is 4.06. The molecule has 32 heavy (non-hydrogen) atoms. The van der Waals surface area contributed by atoms with E-state index in [1.165, 1.54) is 6.07 Å². The summed E-state index contributed by atoms with van der Waals surface area (Å²) in [7, 11) is 0. The fraction of sp³-hybridized carbons (Fsp3) is 0.520. The van der Waals surface area contributed by atoms with E-state index in [1.807, 2.05) is 4.90 Å². The molecule has 0 bridgehead atoms. The highest BCUT2D eigenvalue weighted by Gasteiger charge is 2.50. The number of benzene rings is 1. The molecule has 5 rings (SSSR count). The maximum absolute atomic E-state index is 15.1. The smallest absolute Gasteiger partial charge is 0.230 e. The average Bonchev–Trinajstić information content (AvgIpc) is 3.10. The largest absolute Gasteiger partial charge is 0.457 e. The molecule has 1 N–H and O–H groups in total. The summed E-state index contributed by atoms with van der Waals surface area (Å²) in [6.07, 6.45) is 8.88. The molecule has 1 aliphatic carbocycles.